The van der Waals surface area contributed by atoms with E-state index < -0.39 is 23.8 Å². The van der Waals surface area contributed by atoms with Gasteiger partial charge < -0.3 is 10.5 Å². The van der Waals surface area contributed by atoms with Gasteiger partial charge in [0.15, 0.2) is 0 Å². The molecule has 2 aromatic rings. The van der Waals surface area contributed by atoms with Crippen LogP contribution in [0.2, 0.25) is 0 Å². The summed E-state index contributed by atoms with van der Waals surface area (Å²) in [5, 5.41) is 0. The van der Waals surface area contributed by atoms with Crippen molar-refractivity contribution in [1.29, 1.82) is 0 Å². The standard InChI is InChI=1S/C24H29F4N5O/c1-13-6-15-10-30-22(34-12-23-4-3-5-33(23)11-16(25)9-23)31-18(15)8-17(13)21-20(24(26,27)28)14(2)7-19(29)32-21/h7,10,13,16-17H,3-6,8-9,11-12H2,1-2H3,(H2,29,32)/t13?,16-,17?,23+/m1/s1. The molecule has 2 aromatic heterocycles. The molecule has 2 saturated heterocycles. The molecule has 10 heteroatoms. The molecular formula is C24H29F4N5O. The van der Waals surface area contributed by atoms with Gasteiger partial charge in [-0.1, -0.05) is 6.92 Å². The van der Waals surface area contributed by atoms with E-state index in [1.54, 1.807) is 6.20 Å². The Bertz CT molecular complexity index is 1090. The van der Waals surface area contributed by atoms with Gasteiger partial charge in [0.25, 0.3) is 0 Å². The average molecular weight is 480 g/mol. The van der Waals surface area contributed by atoms with Crippen molar-refractivity contribution < 1.29 is 22.3 Å². The largest absolute Gasteiger partial charge is 0.461 e. The van der Waals surface area contributed by atoms with Crippen molar-refractivity contribution in [3.05, 3.63) is 40.3 Å². The van der Waals surface area contributed by atoms with Gasteiger partial charge in [-0.15, -0.1) is 0 Å². The van der Waals surface area contributed by atoms with Gasteiger partial charge in [-0.2, -0.15) is 18.2 Å². The van der Waals surface area contributed by atoms with Gasteiger partial charge in [-0.05, 0) is 62.3 Å². The number of anilines is 1. The second kappa shape index (κ2) is 8.32. The van der Waals surface area contributed by atoms with E-state index >= 15 is 0 Å². The zero-order valence-corrected chi connectivity index (χ0v) is 19.3. The summed E-state index contributed by atoms with van der Waals surface area (Å²) < 4.78 is 61.7. The number of rotatable bonds is 4. The molecule has 2 fully saturated rings. The van der Waals surface area contributed by atoms with Crippen molar-refractivity contribution in [2.45, 2.75) is 69.8 Å². The van der Waals surface area contributed by atoms with Crippen LogP contribution in [0.3, 0.4) is 0 Å². The fraction of sp³-hybridized carbons (Fsp3) is 0.625. The number of fused-ring (bicyclic) bond motifs is 2. The minimum absolute atomic E-state index is 0.0235. The van der Waals surface area contributed by atoms with Gasteiger partial charge in [-0.25, -0.2) is 14.4 Å². The summed E-state index contributed by atoms with van der Waals surface area (Å²) in [6.07, 6.45) is -0.531. The number of hydrogen-bond acceptors (Lipinski definition) is 6. The molecule has 0 spiro atoms. The molecule has 4 atom stereocenters. The van der Waals surface area contributed by atoms with E-state index in [1.807, 2.05) is 6.92 Å². The number of aromatic nitrogens is 3. The van der Waals surface area contributed by atoms with Crippen molar-refractivity contribution >= 4 is 5.82 Å². The van der Waals surface area contributed by atoms with Crippen molar-refractivity contribution in [3.63, 3.8) is 0 Å². The number of pyridine rings is 1. The summed E-state index contributed by atoms with van der Waals surface area (Å²) in [5.74, 6) is -0.503. The molecule has 6 nitrogen and oxygen atoms in total. The molecule has 4 heterocycles. The van der Waals surface area contributed by atoms with Crippen LogP contribution in [0.15, 0.2) is 12.3 Å². The summed E-state index contributed by atoms with van der Waals surface area (Å²) in [4.78, 5) is 15.2. The Morgan fingerprint density at radius 2 is 2.06 bits per heavy atom. The zero-order valence-electron chi connectivity index (χ0n) is 19.3. The smallest absolute Gasteiger partial charge is 0.418 e. The van der Waals surface area contributed by atoms with E-state index in [0.29, 0.717) is 31.7 Å². The second-order valence-electron chi connectivity index (χ2n) is 10.1. The monoisotopic (exact) mass is 479 g/mol. The number of hydrogen-bond donors (Lipinski definition) is 1. The Morgan fingerprint density at radius 1 is 1.26 bits per heavy atom. The fourth-order valence-electron chi connectivity index (χ4n) is 6.11. The minimum atomic E-state index is -4.53. The normalized spacial score (nSPS) is 29.2. The number of halogens is 4. The quantitative estimate of drug-likeness (QED) is 0.661. The Kier molecular flexibility index (Phi) is 5.69. The molecule has 34 heavy (non-hydrogen) atoms. The number of nitrogens with zero attached hydrogens (tertiary/aromatic N) is 4. The lowest BCUT2D eigenvalue weighted by molar-refractivity contribution is -0.139. The van der Waals surface area contributed by atoms with Gasteiger partial charge in [0.1, 0.15) is 18.6 Å². The lowest BCUT2D eigenvalue weighted by atomic mass is 9.76. The van der Waals surface area contributed by atoms with E-state index in [4.69, 9.17) is 10.5 Å². The molecule has 0 bridgehead atoms. The van der Waals surface area contributed by atoms with Crippen LogP contribution < -0.4 is 10.5 Å². The highest BCUT2D eigenvalue weighted by Gasteiger charge is 2.49. The summed E-state index contributed by atoms with van der Waals surface area (Å²) in [6.45, 7) is 4.93. The van der Waals surface area contributed by atoms with Crippen LogP contribution in [0.25, 0.3) is 0 Å². The number of alkyl halides is 4. The van der Waals surface area contributed by atoms with Crippen molar-refractivity contribution in [1.82, 2.24) is 19.9 Å². The van der Waals surface area contributed by atoms with E-state index in [2.05, 4.69) is 19.9 Å². The molecule has 184 valence electrons. The van der Waals surface area contributed by atoms with Gasteiger partial charge >= 0.3 is 12.2 Å². The van der Waals surface area contributed by atoms with Crippen LogP contribution in [-0.4, -0.2) is 51.3 Å². The molecule has 0 amide bonds. The molecule has 5 rings (SSSR count). The predicted octanol–water partition coefficient (Wildman–Crippen LogP) is 4.25. The number of nitrogens with two attached hydrogens (primary N) is 1. The van der Waals surface area contributed by atoms with Crippen molar-refractivity contribution in [3.8, 4) is 6.01 Å². The van der Waals surface area contributed by atoms with Gasteiger partial charge in [0, 0.05) is 25.1 Å². The highest BCUT2D eigenvalue weighted by molar-refractivity contribution is 5.45. The topological polar surface area (TPSA) is 77.2 Å². The maximum atomic E-state index is 14.0. The average Bonchev–Trinajstić information content (AvgIpc) is 3.25. The first-order valence-electron chi connectivity index (χ1n) is 11.8. The highest BCUT2D eigenvalue weighted by atomic mass is 19.4. The van der Waals surface area contributed by atoms with Crippen LogP contribution in [0, 0.1) is 12.8 Å². The maximum Gasteiger partial charge on any atom is 0.418 e. The number of nitrogen functional groups attached to an aromatic ring is 1. The molecule has 2 unspecified atom stereocenters. The van der Waals surface area contributed by atoms with Crippen LogP contribution in [0.5, 0.6) is 6.01 Å². The van der Waals surface area contributed by atoms with Crippen molar-refractivity contribution in [2.24, 2.45) is 5.92 Å². The Balaban J connectivity index is 1.40. The number of aryl methyl sites for hydroxylation is 1. The fourth-order valence-corrected chi connectivity index (χ4v) is 6.11. The van der Waals surface area contributed by atoms with Crippen LogP contribution in [0.1, 0.15) is 60.2 Å². The lowest BCUT2D eigenvalue weighted by Crippen LogP contribution is -2.43. The summed E-state index contributed by atoms with van der Waals surface area (Å²) in [7, 11) is 0. The first-order valence-corrected chi connectivity index (χ1v) is 11.8. The first-order chi connectivity index (χ1) is 16.1. The van der Waals surface area contributed by atoms with Gasteiger partial charge in [0.05, 0.1) is 22.5 Å². The van der Waals surface area contributed by atoms with Crippen LogP contribution >= 0.6 is 0 Å². The van der Waals surface area contributed by atoms with Gasteiger partial charge in [0.2, 0.25) is 0 Å². The van der Waals surface area contributed by atoms with E-state index in [1.165, 1.54) is 13.0 Å². The molecule has 3 aliphatic rings. The third kappa shape index (κ3) is 4.10. The third-order valence-electron chi connectivity index (χ3n) is 7.70. The SMILES string of the molecule is Cc1cc(N)nc(C2Cc3nc(OC[C@@]45CCCN4C[C@H](F)C5)ncc3CC2C)c1C(F)(F)F. The van der Waals surface area contributed by atoms with E-state index in [9.17, 15) is 17.6 Å². The number of ether oxygens (including phenoxy) is 1. The first kappa shape index (κ1) is 23.3. The molecule has 0 aromatic carbocycles. The zero-order chi connectivity index (χ0) is 24.3. The van der Waals surface area contributed by atoms with Gasteiger partial charge in [-0.3, -0.25) is 4.90 Å². The molecule has 0 radical (unpaired) electrons. The Morgan fingerprint density at radius 3 is 2.82 bits per heavy atom. The van der Waals surface area contributed by atoms with Crippen LogP contribution in [-0.2, 0) is 19.0 Å². The minimum Gasteiger partial charge on any atom is -0.461 e. The molecular weight excluding hydrogens is 450 g/mol. The molecule has 2 aliphatic heterocycles. The third-order valence-corrected chi connectivity index (χ3v) is 7.70. The molecule has 0 saturated carbocycles. The van der Waals surface area contributed by atoms with E-state index in [-0.39, 0.29) is 41.0 Å². The summed E-state index contributed by atoms with van der Waals surface area (Å²) >= 11 is 0. The Labute approximate surface area is 195 Å². The van der Waals surface area contributed by atoms with E-state index in [0.717, 1.165) is 24.9 Å². The molecule has 2 N–H and O–H groups in total. The summed E-state index contributed by atoms with van der Waals surface area (Å²) in [6, 6.07) is 1.45. The van der Waals surface area contributed by atoms with Crippen LogP contribution in [0.4, 0.5) is 23.4 Å². The predicted molar refractivity (Wildman–Crippen MR) is 118 cm³/mol. The maximum absolute atomic E-state index is 14.0. The second-order valence-corrected chi connectivity index (χ2v) is 10.1. The van der Waals surface area contributed by atoms with Crippen molar-refractivity contribution in [2.75, 3.05) is 25.4 Å². The highest BCUT2D eigenvalue weighted by Crippen LogP contribution is 2.44. The Hall–Kier alpha value is -2.49. The molecule has 1 aliphatic carbocycles. The summed E-state index contributed by atoms with van der Waals surface area (Å²) in [5.41, 5.74) is 6.42. The lowest BCUT2D eigenvalue weighted by Gasteiger charge is -2.32.